The van der Waals surface area contributed by atoms with Crippen LogP contribution in [0.1, 0.15) is 47.0 Å². The van der Waals surface area contributed by atoms with E-state index >= 15 is 0 Å². The van der Waals surface area contributed by atoms with Crippen LogP contribution in [0.5, 0.6) is 0 Å². The summed E-state index contributed by atoms with van der Waals surface area (Å²) in [6.45, 7) is 17.0. The number of hydrogen-bond donors (Lipinski definition) is 1. The van der Waals surface area contributed by atoms with Crippen molar-refractivity contribution in [2.24, 2.45) is 16.3 Å². The number of aliphatic imine (C=N–C) groups is 1. The molecule has 2 saturated heterocycles. The molecule has 0 aliphatic carbocycles. The summed E-state index contributed by atoms with van der Waals surface area (Å²) >= 11 is 0. The number of nitrogens with zero attached hydrogens (tertiary/aromatic N) is 3. The summed E-state index contributed by atoms with van der Waals surface area (Å²) in [5, 5.41) is 3.49. The summed E-state index contributed by atoms with van der Waals surface area (Å²) in [5.41, 5.74) is 0.431. The van der Waals surface area contributed by atoms with Gasteiger partial charge in [0.05, 0.1) is 0 Å². The maximum absolute atomic E-state index is 4.96. The van der Waals surface area contributed by atoms with Crippen molar-refractivity contribution in [2.75, 3.05) is 45.8 Å². The van der Waals surface area contributed by atoms with E-state index in [0.29, 0.717) is 5.41 Å². The molecule has 0 spiro atoms. The van der Waals surface area contributed by atoms with E-state index in [-0.39, 0.29) is 24.0 Å². The lowest BCUT2D eigenvalue weighted by Gasteiger charge is -2.31. The van der Waals surface area contributed by atoms with Crippen molar-refractivity contribution >= 4 is 29.9 Å². The van der Waals surface area contributed by atoms with Gasteiger partial charge in [-0.25, -0.2) is 0 Å². The molecule has 0 saturated carbocycles. The Kier molecular flexibility index (Phi) is 8.46. The van der Waals surface area contributed by atoms with Gasteiger partial charge in [0.25, 0.3) is 0 Å². The molecule has 0 aromatic rings. The van der Waals surface area contributed by atoms with E-state index < -0.39 is 0 Å². The van der Waals surface area contributed by atoms with Crippen molar-refractivity contribution in [3.05, 3.63) is 0 Å². The SMILES string of the molecule is CCNC(=NCC1CCCN(CC)C1)N1CCC(C)(C)C1.I. The van der Waals surface area contributed by atoms with Gasteiger partial charge >= 0.3 is 0 Å². The van der Waals surface area contributed by atoms with Gasteiger partial charge in [-0.15, -0.1) is 24.0 Å². The maximum atomic E-state index is 4.96. The van der Waals surface area contributed by atoms with Gasteiger partial charge in [0.15, 0.2) is 5.96 Å². The fraction of sp³-hybridized carbons (Fsp3) is 0.941. The van der Waals surface area contributed by atoms with E-state index in [9.17, 15) is 0 Å². The third-order valence-corrected chi connectivity index (χ3v) is 4.86. The lowest BCUT2D eigenvalue weighted by atomic mass is 9.93. The number of halogens is 1. The van der Waals surface area contributed by atoms with E-state index in [2.05, 4.69) is 42.8 Å². The van der Waals surface area contributed by atoms with Gasteiger partial charge in [-0.05, 0) is 50.6 Å². The zero-order valence-electron chi connectivity index (χ0n) is 14.9. The van der Waals surface area contributed by atoms with Crippen LogP contribution >= 0.6 is 24.0 Å². The molecular formula is C17H35IN4. The third-order valence-electron chi connectivity index (χ3n) is 4.86. The second-order valence-corrected chi connectivity index (χ2v) is 7.43. The zero-order valence-corrected chi connectivity index (χ0v) is 17.2. The Balaban J connectivity index is 0.00000242. The van der Waals surface area contributed by atoms with Crippen LogP contribution in [0.4, 0.5) is 0 Å². The van der Waals surface area contributed by atoms with Crippen LogP contribution in [-0.4, -0.2) is 61.6 Å². The van der Waals surface area contributed by atoms with Gasteiger partial charge in [-0.2, -0.15) is 0 Å². The van der Waals surface area contributed by atoms with Crippen LogP contribution in [0.25, 0.3) is 0 Å². The molecule has 0 bridgehead atoms. The van der Waals surface area contributed by atoms with Crippen LogP contribution in [0.15, 0.2) is 4.99 Å². The van der Waals surface area contributed by atoms with Crippen molar-refractivity contribution in [2.45, 2.75) is 47.0 Å². The Hall–Kier alpha value is -0.0400. The Morgan fingerprint density at radius 3 is 2.64 bits per heavy atom. The van der Waals surface area contributed by atoms with Crippen LogP contribution < -0.4 is 5.32 Å². The highest BCUT2D eigenvalue weighted by atomic mass is 127. The molecular weight excluding hydrogens is 387 g/mol. The molecule has 0 aromatic heterocycles. The number of nitrogens with one attached hydrogen (secondary N) is 1. The lowest BCUT2D eigenvalue weighted by Crippen LogP contribution is -2.42. The first-order valence-corrected chi connectivity index (χ1v) is 8.79. The molecule has 5 heteroatoms. The average molecular weight is 422 g/mol. The number of likely N-dealkylation sites (tertiary alicyclic amines) is 2. The second kappa shape index (κ2) is 9.30. The molecule has 2 aliphatic rings. The molecule has 2 rings (SSSR count). The molecule has 22 heavy (non-hydrogen) atoms. The fourth-order valence-electron chi connectivity index (χ4n) is 3.52. The highest BCUT2D eigenvalue weighted by Gasteiger charge is 2.31. The minimum atomic E-state index is 0. The average Bonchev–Trinajstić information content (AvgIpc) is 2.83. The van der Waals surface area contributed by atoms with Crippen LogP contribution in [0.3, 0.4) is 0 Å². The lowest BCUT2D eigenvalue weighted by molar-refractivity contribution is 0.186. The predicted octanol–water partition coefficient (Wildman–Crippen LogP) is 3.03. The van der Waals surface area contributed by atoms with Gasteiger partial charge in [0, 0.05) is 32.7 Å². The third kappa shape index (κ3) is 5.87. The first kappa shape index (κ1) is 20.0. The van der Waals surface area contributed by atoms with Gasteiger partial charge < -0.3 is 15.1 Å². The first-order valence-electron chi connectivity index (χ1n) is 8.79. The van der Waals surface area contributed by atoms with Gasteiger partial charge in [0.1, 0.15) is 0 Å². The molecule has 1 N–H and O–H groups in total. The molecule has 2 heterocycles. The van der Waals surface area contributed by atoms with Gasteiger partial charge in [-0.1, -0.05) is 20.8 Å². The highest BCUT2D eigenvalue weighted by Crippen LogP contribution is 2.28. The molecule has 0 radical (unpaired) electrons. The number of hydrogen-bond acceptors (Lipinski definition) is 2. The highest BCUT2D eigenvalue weighted by molar-refractivity contribution is 14.0. The van der Waals surface area contributed by atoms with E-state index in [1.165, 1.54) is 38.9 Å². The summed E-state index contributed by atoms with van der Waals surface area (Å²) in [6, 6.07) is 0. The Bertz CT molecular complexity index is 357. The molecule has 130 valence electrons. The normalized spacial score (nSPS) is 25.9. The van der Waals surface area contributed by atoms with Gasteiger partial charge in [-0.3, -0.25) is 4.99 Å². The fourth-order valence-corrected chi connectivity index (χ4v) is 3.52. The van der Waals surface area contributed by atoms with Crippen LogP contribution in [0, 0.1) is 11.3 Å². The number of rotatable bonds is 4. The van der Waals surface area contributed by atoms with E-state index in [1.807, 2.05) is 0 Å². The molecule has 0 amide bonds. The van der Waals surface area contributed by atoms with Gasteiger partial charge in [0.2, 0.25) is 0 Å². The smallest absolute Gasteiger partial charge is 0.193 e. The summed E-state index contributed by atoms with van der Waals surface area (Å²) in [5.74, 6) is 1.87. The first-order chi connectivity index (χ1) is 10.0. The van der Waals surface area contributed by atoms with Crippen molar-refractivity contribution in [1.29, 1.82) is 0 Å². The Morgan fingerprint density at radius 1 is 1.27 bits per heavy atom. The van der Waals surface area contributed by atoms with E-state index in [1.54, 1.807) is 0 Å². The quantitative estimate of drug-likeness (QED) is 0.429. The topological polar surface area (TPSA) is 30.9 Å². The molecule has 2 aliphatic heterocycles. The summed E-state index contributed by atoms with van der Waals surface area (Å²) < 4.78 is 0. The van der Waals surface area contributed by atoms with Crippen molar-refractivity contribution in [3.8, 4) is 0 Å². The minimum absolute atomic E-state index is 0. The molecule has 4 nitrogen and oxygen atoms in total. The zero-order chi connectivity index (χ0) is 15.3. The Labute approximate surface area is 154 Å². The Morgan fingerprint density at radius 2 is 2.05 bits per heavy atom. The van der Waals surface area contributed by atoms with Crippen molar-refractivity contribution in [3.63, 3.8) is 0 Å². The summed E-state index contributed by atoms with van der Waals surface area (Å²) in [6.07, 6.45) is 3.94. The van der Waals surface area contributed by atoms with E-state index in [0.717, 1.165) is 38.1 Å². The maximum Gasteiger partial charge on any atom is 0.193 e. The standard InChI is InChI=1S/C17H34N4.HI/c1-5-18-16(21-11-9-17(3,4)14-21)19-12-15-8-7-10-20(6-2)13-15;/h15H,5-14H2,1-4H3,(H,18,19);1H. The second-order valence-electron chi connectivity index (χ2n) is 7.43. The largest absolute Gasteiger partial charge is 0.357 e. The van der Waals surface area contributed by atoms with Crippen LogP contribution in [-0.2, 0) is 0 Å². The number of guanidine groups is 1. The number of piperidine rings is 1. The van der Waals surface area contributed by atoms with Crippen molar-refractivity contribution < 1.29 is 0 Å². The molecule has 0 aromatic carbocycles. The van der Waals surface area contributed by atoms with Crippen molar-refractivity contribution in [1.82, 2.24) is 15.1 Å². The molecule has 2 fully saturated rings. The minimum Gasteiger partial charge on any atom is -0.357 e. The monoisotopic (exact) mass is 422 g/mol. The van der Waals surface area contributed by atoms with E-state index in [4.69, 9.17) is 4.99 Å². The summed E-state index contributed by atoms with van der Waals surface area (Å²) in [4.78, 5) is 9.97. The molecule has 1 unspecified atom stereocenters. The predicted molar refractivity (Wildman–Crippen MR) is 106 cm³/mol. The van der Waals surface area contributed by atoms with Crippen LogP contribution in [0.2, 0.25) is 0 Å². The molecule has 1 atom stereocenters. The summed E-state index contributed by atoms with van der Waals surface area (Å²) in [7, 11) is 0.